The number of nitrogens with one attached hydrogen (secondary N) is 1. The number of aromatic nitrogens is 6. The monoisotopic (exact) mass is 430 g/mol. The van der Waals surface area contributed by atoms with Gasteiger partial charge in [-0.2, -0.15) is 4.68 Å². The summed E-state index contributed by atoms with van der Waals surface area (Å²) in [5.74, 6) is -0.308. The van der Waals surface area contributed by atoms with Crippen molar-refractivity contribution in [3.05, 3.63) is 88.0 Å². The van der Waals surface area contributed by atoms with Crippen molar-refractivity contribution in [1.82, 2.24) is 30.2 Å². The molecule has 0 aliphatic carbocycles. The van der Waals surface area contributed by atoms with Crippen molar-refractivity contribution in [2.24, 2.45) is 0 Å². The third kappa shape index (κ3) is 3.60. The van der Waals surface area contributed by atoms with Crippen LogP contribution in [0.2, 0.25) is 0 Å². The lowest BCUT2D eigenvalue weighted by Gasteiger charge is -2.08. The molecule has 0 saturated heterocycles. The maximum absolute atomic E-state index is 12.7. The molecule has 5 rings (SSSR count). The van der Waals surface area contributed by atoms with Crippen LogP contribution < -0.4 is 5.56 Å². The molecule has 2 aromatic carbocycles. The largest absolute Gasteiger partial charge is 0.454 e. The van der Waals surface area contributed by atoms with Gasteiger partial charge in [0.25, 0.3) is 5.56 Å². The van der Waals surface area contributed by atoms with Gasteiger partial charge in [0.05, 0.1) is 16.6 Å². The van der Waals surface area contributed by atoms with Crippen LogP contribution >= 0.6 is 11.3 Å². The van der Waals surface area contributed by atoms with E-state index in [1.807, 2.05) is 35.7 Å². The summed E-state index contributed by atoms with van der Waals surface area (Å²) in [6.07, 6.45) is 1.39. The molecule has 3 heterocycles. The van der Waals surface area contributed by atoms with Crippen molar-refractivity contribution < 1.29 is 9.53 Å². The Labute approximate surface area is 179 Å². The fraction of sp³-hybridized carbons (Fsp3) is 0.0476. The number of hydrogen-bond acceptors (Lipinski definition) is 8. The second-order valence-corrected chi connectivity index (χ2v) is 7.41. The minimum atomic E-state index is -0.579. The molecule has 10 heteroatoms. The second-order valence-electron chi connectivity index (χ2n) is 6.56. The zero-order valence-electron chi connectivity index (χ0n) is 15.9. The average Bonchev–Trinajstić information content (AvgIpc) is 3.49. The van der Waals surface area contributed by atoms with E-state index in [1.165, 1.54) is 22.3 Å². The number of carbonyl (C=O) groups is 1. The normalized spacial score (nSPS) is 11.0. The third-order valence-corrected chi connectivity index (χ3v) is 5.51. The molecule has 3 aromatic heterocycles. The average molecular weight is 430 g/mol. The van der Waals surface area contributed by atoms with Gasteiger partial charge in [0.2, 0.25) is 0 Å². The number of rotatable bonds is 5. The molecule has 0 amide bonds. The number of tetrazole rings is 1. The summed E-state index contributed by atoms with van der Waals surface area (Å²) in [6, 6.07) is 16.4. The molecule has 9 nitrogen and oxygen atoms in total. The first-order chi connectivity index (χ1) is 15.2. The lowest BCUT2D eigenvalue weighted by Crippen LogP contribution is -2.15. The van der Waals surface area contributed by atoms with Crippen LogP contribution in [-0.2, 0) is 11.3 Å². The van der Waals surface area contributed by atoms with Crippen molar-refractivity contribution in [1.29, 1.82) is 0 Å². The molecular formula is C21H14N6O3S. The predicted octanol–water partition coefficient (Wildman–Crippen LogP) is 2.98. The Morgan fingerprint density at radius 1 is 1.10 bits per heavy atom. The molecule has 0 saturated carbocycles. The van der Waals surface area contributed by atoms with Gasteiger partial charge in [-0.3, -0.25) is 4.79 Å². The Hall–Kier alpha value is -4.18. The first kappa shape index (κ1) is 18.8. The lowest BCUT2D eigenvalue weighted by atomic mass is 10.1. The number of carbonyl (C=O) groups excluding carboxylic acids is 1. The molecular weight excluding hydrogens is 416 g/mol. The van der Waals surface area contributed by atoms with Gasteiger partial charge >= 0.3 is 5.97 Å². The van der Waals surface area contributed by atoms with Crippen molar-refractivity contribution in [3.63, 3.8) is 0 Å². The van der Waals surface area contributed by atoms with Crippen LogP contribution in [0.4, 0.5) is 0 Å². The van der Waals surface area contributed by atoms with E-state index >= 15 is 0 Å². The van der Waals surface area contributed by atoms with E-state index in [2.05, 4.69) is 25.5 Å². The molecule has 0 aliphatic heterocycles. The molecule has 0 fully saturated rings. The highest BCUT2D eigenvalue weighted by molar-refractivity contribution is 7.17. The summed E-state index contributed by atoms with van der Waals surface area (Å²) in [6.45, 7) is -0.174. The number of esters is 1. The van der Waals surface area contributed by atoms with E-state index in [1.54, 1.807) is 24.3 Å². The molecule has 31 heavy (non-hydrogen) atoms. The number of ether oxygens (including phenoxy) is 1. The van der Waals surface area contributed by atoms with E-state index < -0.39 is 5.97 Å². The van der Waals surface area contributed by atoms with E-state index in [9.17, 15) is 9.59 Å². The number of aromatic amines is 1. The third-order valence-electron chi connectivity index (χ3n) is 4.64. The number of benzene rings is 2. The Balaban J connectivity index is 1.40. The first-order valence-electron chi connectivity index (χ1n) is 9.26. The Bertz CT molecular complexity index is 1430. The van der Waals surface area contributed by atoms with Gasteiger partial charge in [-0.25, -0.2) is 9.78 Å². The van der Waals surface area contributed by atoms with Crippen LogP contribution in [0, 0.1) is 0 Å². The molecule has 0 radical (unpaired) electrons. The summed E-state index contributed by atoms with van der Waals surface area (Å²) in [5.41, 5.74) is 2.28. The molecule has 5 aromatic rings. The van der Waals surface area contributed by atoms with Crippen molar-refractivity contribution in [3.8, 4) is 16.8 Å². The fourth-order valence-electron chi connectivity index (χ4n) is 3.22. The maximum atomic E-state index is 12.7. The summed E-state index contributed by atoms with van der Waals surface area (Å²) < 4.78 is 6.77. The van der Waals surface area contributed by atoms with Crippen LogP contribution in [-0.4, -0.2) is 36.1 Å². The highest BCUT2D eigenvalue weighted by Gasteiger charge is 2.17. The first-order valence-corrected chi connectivity index (χ1v) is 10.1. The van der Waals surface area contributed by atoms with Crippen LogP contribution in [0.15, 0.2) is 71.1 Å². The topological polar surface area (TPSA) is 116 Å². The van der Waals surface area contributed by atoms with Gasteiger partial charge in [0.15, 0.2) is 0 Å². The SMILES string of the molecule is O=C(OCc1nc2scc(-c3ccccc3)c2c(=O)[nH]1)c1ccccc1-n1cnnn1. The van der Waals surface area contributed by atoms with Crippen LogP contribution in [0.3, 0.4) is 0 Å². The van der Waals surface area contributed by atoms with Crippen LogP contribution in [0.25, 0.3) is 27.0 Å². The molecule has 152 valence electrons. The van der Waals surface area contributed by atoms with Crippen LogP contribution in [0.5, 0.6) is 0 Å². The summed E-state index contributed by atoms with van der Waals surface area (Å²) >= 11 is 1.37. The molecule has 0 spiro atoms. The Morgan fingerprint density at radius 3 is 2.71 bits per heavy atom. The van der Waals surface area contributed by atoms with Crippen LogP contribution in [0.1, 0.15) is 16.2 Å². The van der Waals surface area contributed by atoms with Gasteiger partial charge in [0.1, 0.15) is 23.6 Å². The van der Waals surface area contributed by atoms with Crippen molar-refractivity contribution in [2.45, 2.75) is 6.61 Å². The smallest absolute Gasteiger partial charge is 0.340 e. The Kier molecular flexibility index (Phi) is 4.81. The second kappa shape index (κ2) is 7.92. The maximum Gasteiger partial charge on any atom is 0.340 e. The van der Waals surface area contributed by atoms with Gasteiger partial charge in [-0.05, 0) is 28.1 Å². The van der Waals surface area contributed by atoms with Gasteiger partial charge in [-0.15, -0.1) is 16.4 Å². The number of fused-ring (bicyclic) bond motifs is 1. The molecule has 0 unspecified atom stereocenters. The molecule has 0 bridgehead atoms. The zero-order chi connectivity index (χ0) is 21.2. The summed E-state index contributed by atoms with van der Waals surface area (Å²) in [5, 5.41) is 13.4. The highest BCUT2D eigenvalue weighted by Crippen LogP contribution is 2.30. The van der Waals surface area contributed by atoms with Gasteiger partial charge < -0.3 is 9.72 Å². The molecule has 0 aliphatic rings. The predicted molar refractivity (Wildman–Crippen MR) is 114 cm³/mol. The van der Waals surface area contributed by atoms with Crippen molar-refractivity contribution >= 4 is 27.5 Å². The molecule has 1 N–H and O–H groups in total. The van der Waals surface area contributed by atoms with E-state index in [4.69, 9.17) is 4.74 Å². The molecule has 0 atom stereocenters. The summed E-state index contributed by atoms with van der Waals surface area (Å²) in [4.78, 5) is 33.1. The standard InChI is InChI=1S/C21H14N6O3S/c28-19-18-15(13-6-2-1-3-7-13)11-31-20(18)24-17(23-19)10-30-21(29)14-8-4-5-9-16(14)27-12-22-25-26-27/h1-9,11-12H,10H2,(H,23,24,28). The summed E-state index contributed by atoms with van der Waals surface area (Å²) in [7, 11) is 0. The highest BCUT2D eigenvalue weighted by atomic mass is 32.1. The van der Waals surface area contributed by atoms with Crippen molar-refractivity contribution in [2.75, 3.05) is 0 Å². The number of para-hydroxylation sites is 1. The van der Waals surface area contributed by atoms with E-state index in [0.717, 1.165) is 11.1 Å². The van der Waals surface area contributed by atoms with E-state index in [0.29, 0.717) is 21.5 Å². The van der Waals surface area contributed by atoms with E-state index in [-0.39, 0.29) is 18.0 Å². The van der Waals surface area contributed by atoms with Gasteiger partial charge in [0, 0.05) is 10.9 Å². The minimum absolute atomic E-state index is 0.174. The Morgan fingerprint density at radius 2 is 1.90 bits per heavy atom. The number of hydrogen-bond donors (Lipinski definition) is 1. The number of H-pyrrole nitrogens is 1. The quantitative estimate of drug-likeness (QED) is 0.426. The van der Waals surface area contributed by atoms with Gasteiger partial charge in [-0.1, -0.05) is 42.5 Å². The fourth-order valence-corrected chi connectivity index (χ4v) is 4.19. The minimum Gasteiger partial charge on any atom is -0.454 e. The zero-order valence-corrected chi connectivity index (χ0v) is 16.7. The lowest BCUT2D eigenvalue weighted by molar-refractivity contribution is 0.0462. The number of thiophene rings is 1. The number of nitrogens with zero attached hydrogens (tertiary/aromatic N) is 5.